The van der Waals surface area contributed by atoms with E-state index in [9.17, 15) is 31.9 Å². The number of halogens is 5. The van der Waals surface area contributed by atoms with E-state index in [1.165, 1.54) is 0 Å². The van der Waals surface area contributed by atoms with Gasteiger partial charge in [-0.3, -0.25) is 4.79 Å². The number of hydrogen-bond acceptors (Lipinski definition) is 3. The molecule has 0 amide bonds. The van der Waals surface area contributed by atoms with Crippen LogP contribution in [0.4, 0.5) is 22.0 Å². The fourth-order valence-electron chi connectivity index (χ4n) is 1.77. The number of unbranched alkanes of at least 4 members (excludes halogenated alkanes) is 3. The van der Waals surface area contributed by atoms with E-state index in [4.69, 9.17) is 10.8 Å². The Morgan fingerprint density at radius 3 is 2.13 bits per heavy atom. The van der Waals surface area contributed by atoms with Crippen molar-refractivity contribution in [2.24, 2.45) is 5.73 Å². The number of alkyl halides is 5. The minimum atomic E-state index is -5.50. The van der Waals surface area contributed by atoms with Gasteiger partial charge in [0.25, 0.3) is 0 Å². The minimum Gasteiger partial charge on any atom is -0.480 e. The van der Waals surface area contributed by atoms with Crippen molar-refractivity contribution in [3.05, 3.63) is 12.2 Å². The first-order valence-corrected chi connectivity index (χ1v) is 7.25. The summed E-state index contributed by atoms with van der Waals surface area (Å²) < 4.78 is 60.9. The summed E-state index contributed by atoms with van der Waals surface area (Å²) in [7, 11) is 0. The maximum absolute atomic E-state index is 12.6. The highest BCUT2D eigenvalue weighted by Gasteiger charge is 2.56. The molecule has 0 saturated carbocycles. The number of rotatable bonds is 11. The molecule has 0 aromatic carbocycles. The van der Waals surface area contributed by atoms with Gasteiger partial charge in [0.1, 0.15) is 6.04 Å². The fourth-order valence-corrected chi connectivity index (χ4v) is 1.77. The molecule has 4 N–H and O–H groups in total. The van der Waals surface area contributed by atoms with Crippen LogP contribution < -0.4 is 5.73 Å². The van der Waals surface area contributed by atoms with E-state index < -0.39 is 36.6 Å². The van der Waals surface area contributed by atoms with Crippen LogP contribution in [0.5, 0.6) is 0 Å². The second-order valence-corrected chi connectivity index (χ2v) is 5.28. The summed E-state index contributed by atoms with van der Waals surface area (Å²) in [6.45, 7) is 0. The van der Waals surface area contributed by atoms with Crippen molar-refractivity contribution in [2.75, 3.05) is 0 Å². The Balaban J connectivity index is 3.72. The van der Waals surface area contributed by atoms with Gasteiger partial charge in [0.05, 0.1) is 6.10 Å². The zero-order valence-electron chi connectivity index (χ0n) is 12.5. The Labute approximate surface area is 131 Å². The van der Waals surface area contributed by atoms with E-state index in [2.05, 4.69) is 0 Å². The number of aliphatic hydroxyl groups is 1. The molecule has 136 valence electrons. The van der Waals surface area contributed by atoms with Crippen LogP contribution in [0.1, 0.15) is 44.9 Å². The summed E-state index contributed by atoms with van der Waals surface area (Å²) in [4.78, 5) is 10.5. The molecule has 0 bridgehead atoms. The average molecular weight is 347 g/mol. The molecule has 0 aliphatic rings. The van der Waals surface area contributed by atoms with Crippen LogP contribution in [0.3, 0.4) is 0 Å². The summed E-state index contributed by atoms with van der Waals surface area (Å²) in [5.74, 6) is -5.93. The van der Waals surface area contributed by atoms with Gasteiger partial charge in [-0.15, -0.1) is 0 Å². The Morgan fingerprint density at radius 1 is 1.04 bits per heavy atom. The Kier molecular flexibility index (Phi) is 9.29. The van der Waals surface area contributed by atoms with E-state index in [0.717, 1.165) is 0 Å². The van der Waals surface area contributed by atoms with Gasteiger partial charge < -0.3 is 15.9 Å². The van der Waals surface area contributed by atoms with Crippen molar-refractivity contribution >= 4 is 5.97 Å². The molecule has 0 rings (SSSR count). The second kappa shape index (κ2) is 9.82. The number of aliphatic hydroxyl groups excluding tert-OH is 1. The first-order valence-electron chi connectivity index (χ1n) is 7.25. The van der Waals surface area contributed by atoms with Crippen LogP contribution in [-0.4, -0.2) is 40.4 Å². The summed E-state index contributed by atoms with van der Waals surface area (Å²) in [5.41, 5.74) is 5.21. The predicted molar refractivity (Wildman–Crippen MR) is 74.1 cm³/mol. The lowest BCUT2D eigenvalue weighted by molar-refractivity contribution is -0.284. The van der Waals surface area contributed by atoms with Crippen LogP contribution >= 0.6 is 0 Å². The van der Waals surface area contributed by atoms with Gasteiger partial charge in [0.2, 0.25) is 0 Å². The molecule has 0 aromatic heterocycles. The molecule has 0 aliphatic heterocycles. The third-order valence-electron chi connectivity index (χ3n) is 3.27. The average Bonchev–Trinajstić information content (AvgIpc) is 2.42. The highest BCUT2D eigenvalue weighted by Crippen LogP contribution is 2.39. The summed E-state index contributed by atoms with van der Waals surface area (Å²) in [5, 5.41) is 18.0. The van der Waals surface area contributed by atoms with Crippen LogP contribution in [-0.2, 0) is 4.79 Å². The van der Waals surface area contributed by atoms with Crippen molar-refractivity contribution in [1.82, 2.24) is 0 Å². The van der Waals surface area contributed by atoms with Crippen LogP contribution in [0.25, 0.3) is 0 Å². The maximum Gasteiger partial charge on any atom is 0.453 e. The smallest absolute Gasteiger partial charge is 0.453 e. The number of hydrogen-bond donors (Lipinski definition) is 3. The number of carboxylic acid groups (broad SMARTS) is 1. The molecule has 4 nitrogen and oxygen atoms in total. The molecule has 0 saturated heterocycles. The SMILES string of the molecule is NC(C(=O)O)C(O)CCC=CCCCCCC(F)(F)C(F)(F)F. The largest absolute Gasteiger partial charge is 0.480 e. The number of carbonyl (C=O) groups is 1. The van der Waals surface area contributed by atoms with Crippen molar-refractivity contribution in [1.29, 1.82) is 0 Å². The maximum atomic E-state index is 12.6. The molecule has 0 aromatic rings. The molecule has 0 fully saturated rings. The predicted octanol–water partition coefficient (Wildman–Crippen LogP) is 3.24. The van der Waals surface area contributed by atoms with Gasteiger partial charge in [-0.05, 0) is 32.1 Å². The summed E-state index contributed by atoms with van der Waals surface area (Å²) >= 11 is 0. The summed E-state index contributed by atoms with van der Waals surface area (Å²) in [6.07, 6.45) is -2.89. The molecule has 0 heterocycles. The zero-order chi connectivity index (χ0) is 18.1. The lowest BCUT2D eigenvalue weighted by Gasteiger charge is -2.19. The second-order valence-electron chi connectivity index (χ2n) is 5.28. The standard InChI is InChI=1S/C14H22F5NO3/c15-13(16,14(17,18)19)9-7-5-3-1-2-4-6-8-10(21)11(20)12(22)23/h2,4,10-11,21H,1,3,5-9,20H2,(H,22,23). The number of nitrogens with two attached hydrogens (primary N) is 1. The van der Waals surface area contributed by atoms with Gasteiger partial charge in [-0.25, -0.2) is 0 Å². The van der Waals surface area contributed by atoms with E-state index in [1.54, 1.807) is 12.2 Å². The first kappa shape index (κ1) is 21.8. The molecule has 0 spiro atoms. The highest BCUT2D eigenvalue weighted by molar-refractivity contribution is 5.73. The number of carboxylic acids is 1. The van der Waals surface area contributed by atoms with Crippen molar-refractivity contribution in [3.8, 4) is 0 Å². The van der Waals surface area contributed by atoms with Crippen molar-refractivity contribution in [2.45, 2.75) is 69.2 Å². The van der Waals surface area contributed by atoms with E-state index in [1.807, 2.05) is 0 Å². The lowest BCUT2D eigenvalue weighted by atomic mass is 10.1. The summed E-state index contributed by atoms with van der Waals surface area (Å²) in [6, 6.07) is -1.35. The molecular formula is C14H22F5NO3. The van der Waals surface area contributed by atoms with Crippen LogP contribution in [0.15, 0.2) is 12.2 Å². The number of allylic oxidation sites excluding steroid dienone is 2. The molecule has 0 radical (unpaired) electrons. The number of aliphatic carboxylic acids is 1. The molecule has 9 heteroatoms. The van der Waals surface area contributed by atoms with Gasteiger partial charge >= 0.3 is 18.1 Å². The Morgan fingerprint density at radius 2 is 1.61 bits per heavy atom. The lowest BCUT2D eigenvalue weighted by Crippen LogP contribution is -2.41. The minimum absolute atomic E-state index is 0.168. The Bertz CT molecular complexity index is 385. The third-order valence-corrected chi connectivity index (χ3v) is 3.27. The van der Waals surface area contributed by atoms with E-state index in [0.29, 0.717) is 19.3 Å². The zero-order valence-corrected chi connectivity index (χ0v) is 12.5. The van der Waals surface area contributed by atoms with Gasteiger partial charge in [0, 0.05) is 6.42 Å². The van der Waals surface area contributed by atoms with Crippen LogP contribution in [0.2, 0.25) is 0 Å². The monoisotopic (exact) mass is 347 g/mol. The first-order chi connectivity index (χ1) is 10.5. The van der Waals surface area contributed by atoms with E-state index in [-0.39, 0.29) is 19.3 Å². The Hall–Kier alpha value is -1.22. The third kappa shape index (κ3) is 8.85. The van der Waals surface area contributed by atoms with Crippen LogP contribution in [0, 0.1) is 0 Å². The van der Waals surface area contributed by atoms with Crippen molar-refractivity contribution < 1.29 is 37.0 Å². The van der Waals surface area contributed by atoms with Gasteiger partial charge in [-0.2, -0.15) is 22.0 Å². The highest BCUT2D eigenvalue weighted by atomic mass is 19.4. The topological polar surface area (TPSA) is 83.6 Å². The molecule has 2 atom stereocenters. The molecular weight excluding hydrogens is 325 g/mol. The molecule has 2 unspecified atom stereocenters. The normalized spacial score (nSPS) is 15.8. The van der Waals surface area contributed by atoms with Gasteiger partial charge in [-0.1, -0.05) is 18.6 Å². The molecule has 0 aliphatic carbocycles. The van der Waals surface area contributed by atoms with E-state index >= 15 is 0 Å². The van der Waals surface area contributed by atoms with Crippen molar-refractivity contribution in [3.63, 3.8) is 0 Å². The van der Waals surface area contributed by atoms with Gasteiger partial charge in [0.15, 0.2) is 0 Å². The fraction of sp³-hybridized carbons (Fsp3) is 0.786. The quantitative estimate of drug-likeness (QED) is 0.304. The molecule has 23 heavy (non-hydrogen) atoms.